The van der Waals surface area contributed by atoms with E-state index < -0.39 is 41.0 Å². The number of rotatable bonds is 10. The summed E-state index contributed by atoms with van der Waals surface area (Å²) in [6, 6.07) is -1.18. The lowest BCUT2D eigenvalue weighted by atomic mass is 9.97. The third-order valence-corrected chi connectivity index (χ3v) is 3.68. The fourth-order valence-electron chi connectivity index (χ4n) is 1.80. The molecule has 0 aliphatic rings. The van der Waals surface area contributed by atoms with Crippen molar-refractivity contribution in [3.05, 3.63) is 0 Å². The highest BCUT2D eigenvalue weighted by atomic mass is 35.5. The van der Waals surface area contributed by atoms with Gasteiger partial charge in [0.15, 0.2) is 0 Å². The highest BCUT2D eigenvalue weighted by Gasteiger charge is 2.87. The quantitative estimate of drug-likeness (QED) is 0.281. The third kappa shape index (κ3) is 4.48. The number of amides is 1. The second-order valence-electron chi connectivity index (χ2n) is 5.67. The molecule has 1 unspecified atom stereocenters. The number of carbonyl (C=O) groups is 1. The van der Waals surface area contributed by atoms with Gasteiger partial charge in [0.25, 0.3) is 5.91 Å². The number of nitrogens with one attached hydrogen (secondary N) is 1. The van der Waals surface area contributed by atoms with Gasteiger partial charge in [0.2, 0.25) is 0 Å². The van der Waals surface area contributed by atoms with E-state index in [0.29, 0.717) is 19.3 Å². The predicted octanol–water partition coefficient (Wildman–Crippen LogP) is 5.44. The van der Waals surface area contributed by atoms with Gasteiger partial charge in [-0.3, -0.25) is 4.79 Å². The summed E-state index contributed by atoms with van der Waals surface area (Å²) in [5, 5.41) is -5.00. The van der Waals surface area contributed by atoms with Gasteiger partial charge in [-0.1, -0.05) is 26.2 Å². The van der Waals surface area contributed by atoms with Crippen LogP contribution in [0, 0.1) is 0 Å². The minimum absolute atomic E-state index is 0.00748. The molecule has 0 aromatic heterocycles. The van der Waals surface area contributed by atoms with E-state index in [9.17, 15) is 48.7 Å². The highest BCUT2D eigenvalue weighted by Crippen LogP contribution is 2.57. The van der Waals surface area contributed by atoms with Crippen molar-refractivity contribution in [2.75, 3.05) is 0 Å². The molecule has 0 aromatic carbocycles. The van der Waals surface area contributed by atoms with E-state index in [2.05, 4.69) is 11.6 Å². The molecule has 26 heavy (non-hydrogen) atoms. The van der Waals surface area contributed by atoms with Gasteiger partial charge >= 0.3 is 29.1 Å². The molecular weight excluding hydrogens is 412 g/mol. The second kappa shape index (κ2) is 7.97. The molecule has 0 bridgehead atoms. The summed E-state index contributed by atoms with van der Waals surface area (Å²) in [5.74, 6) is -31.0. The molecule has 0 heterocycles. The van der Waals surface area contributed by atoms with E-state index in [-0.39, 0.29) is 6.42 Å². The minimum Gasteiger partial charge on any atom is -0.348 e. The number of unbranched alkanes of at least 4 members (excludes halogenated alkanes) is 2. The van der Waals surface area contributed by atoms with E-state index in [0.717, 1.165) is 6.92 Å². The van der Waals surface area contributed by atoms with Crippen molar-refractivity contribution >= 4 is 17.5 Å². The number of halogens is 11. The fraction of sp³-hybridized carbons (Fsp3) is 0.923. The first kappa shape index (κ1) is 25.1. The van der Waals surface area contributed by atoms with E-state index in [4.69, 9.17) is 0 Å². The van der Waals surface area contributed by atoms with Crippen LogP contribution >= 0.6 is 11.6 Å². The summed E-state index contributed by atoms with van der Waals surface area (Å²) in [7, 11) is 0. The molecule has 156 valence electrons. The lowest BCUT2D eigenvalue weighted by Crippen LogP contribution is -2.69. The maximum Gasteiger partial charge on any atom is 0.393 e. The molecule has 0 aliphatic heterocycles. The SMILES string of the molecule is CCCCCC(C)NC(=O)C(F)(F)C(F)(F)C(F)(F)C(F)(F)C(F)(F)Cl. The maximum atomic E-state index is 13.5. The first-order chi connectivity index (χ1) is 11.4. The zero-order valence-electron chi connectivity index (χ0n) is 13.5. The Bertz CT molecular complexity index is 492. The summed E-state index contributed by atoms with van der Waals surface area (Å²) in [6.45, 7) is 2.86. The van der Waals surface area contributed by atoms with Gasteiger partial charge in [-0.05, 0) is 24.9 Å². The number of alkyl halides is 11. The van der Waals surface area contributed by atoms with Gasteiger partial charge in [0.05, 0.1) is 0 Å². The first-order valence-electron chi connectivity index (χ1n) is 7.26. The van der Waals surface area contributed by atoms with Gasteiger partial charge in [-0.15, -0.1) is 0 Å². The highest BCUT2D eigenvalue weighted by molar-refractivity contribution is 6.22. The summed E-state index contributed by atoms with van der Waals surface area (Å²) in [6.07, 6.45) is 1.64. The molecule has 0 fully saturated rings. The number of hydrogen-bond donors (Lipinski definition) is 1. The molecule has 0 rings (SSSR count). The Morgan fingerprint density at radius 1 is 0.885 bits per heavy atom. The van der Waals surface area contributed by atoms with Crippen LogP contribution in [0.3, 0.4) is 0 Å². The monoisotopic (exact) mass is 427 g/mol. The summed E-state index contributed by atoms with van der Waals surface area (Å²) >= 11 is 3.66. The van der Waals surface area contributed by atoms with Gasteiger partial charge in [-0.25, -0.2) is 0 Å². The van der Waals surface area contributed by atoms with Gasteiger partial charge in [0, 0.05) is 6.04 Å². The van der Waals surface area contributed by atoms with Crippen molar-refractivity contribution < 1.29 is 48.7 Å². The fourth-order valence-corrected chi connectivity index (χ4v) is 1.92. The third-order valence-electron chi connectivity index (χ3n) is 3.44. The maximum absolute atomic E-state index is 13.5. The van der Waals surface area contributed by atoms with Crippen molar-refractivity contribution in [1.29, 1.82) is 0 Å². The second-order valence-corrected chi connectivity index (χ2v) is 6.14. The Kier molecular flexibility index (Phi) is 7.68. The molecule has 0 aromatic rings. The van der Waals surface area contributed by atoms with Gasteiger partial charge in [0.1, 0.15) is 0 Å². The molecule has 1 amide bonds. The van der Waals surface area contributed by atoms with Crippen molar-refractivity contribution in [2.45, 2.75) is 74.6 Å². The molecule has 2 nitrogen and oxygen atoms in total. The van der Waals surface area contributed by atoms with Crippen LogP contribution in [-0.4, -0.2) is 41.0 Å². The Morgan fingerprint density at radius 2 is 1.35 bits per heavy atom. The van der Waals surface area contributed by atoms with Crippen LogP contribution in [0.2, 0.25) is 0 Å². The van der Waals surface area contributed by atoms with Crippen LogP contribution in [-0.2, 0) is 4.79 Å². The van der Waals surface area contributed by atoms with Crippen LogP contribution < -0.4 is 5.32 Å². The minimum atomic E-state index is -7.34. The average molecular weight is 428 g/mol. The van der Waals surface area contributed by atoms with E-state index in [1.54, 1.807) is 6.92 Å². The Morgan fingerprint density at radius 3 is 1.73 bits per heavy atom. The molecule has 0 aliphatic carbocycles. The topological polar surface area (TPSA) is 29.1 Å². The van der Waals surface area contributed by atoms with E-state index >= 15 is 0 Å². The molecule has 1 atom stereocenters. The number of carbonyl (C=O) groups excluding carboxylic acids is 1. The van der Waals surface area contributed by atoms with Crippen molar-refractivity contribution in [1.82, 2.24) is 5.32 Å². The van der Waals surface area contributed by atoms with Crippen molar-refractivity contribution in [3.63, 3.8) is 0 Å². The van der Waals surface area contributed by atoms with Crippen LogP contribution in [0.15, 0.2) is 0 Å². The first-order valence-corrected chi connectivity index (χ1v) is 7.64. The van der Waals surface area contributed by atoms with E-state index in [1.807, 2.05) is 0 Å². The van der Waals surface area contributed by atoms with Crippen LogP contribution in [0.1, 0.15) is 39.5 Å². The molecule has 0 spiro atoms. The zero-order valence-corrected chi connectivity index (χ0v) is 14.2. The average Bonchev–Trinajstić information content (AvgIpc) is 2.45. The van der Waals surface area contributed by atoms with Crippen LogP contribution in [0.4, 0.5) is 43.9 Å². The summed E-state index contributed by atoms with van der Waals surface area (Å²) in [4.78, 5) is 11.2. The summed E-state index contributed by atoms with van der Waals surface area (Å²) < 4.78 is 131. The molecule has 13 heteroatoms. The predicted molar refractivity (Wildman–Crippen MR) is 72.3 cm³/mol. The van der Waals surface area contributed by atoms with E-state index in [1.165, 1.54) is 5.32 Å². The summed E-state index contributed by atoms with van der Waals surface area (Å²) in [5.41, 5.74) is 0. The van der Waals surface area contributed by atoms with Crippen LogP contribution in [0.25, 0.3) is 0 Å². The smallest absolute Gasteiger partial charge is 0.348 e. The standard InChI is InChI=1S/C13H16ClF10NO/c1-3-4-5-6-7(2)25-8(26)9(15,16)10(17,18)11(19,20)12(21,22)13(14,23)24/h7H,3-6H2,1-2H3,(H,25,26). The van der Waals surface area contributed by atoms with Crippen molar-refractivity contribution in [3.8, 4) is 0 Å². The van der Waals surface area contributed by atoms with Gasteiger partial charge < -0.3 is 5.32 Å². The Hall–Kier alpha value is -0.940. The van der Waals surface area contributed by atoms with Crippen LogP contribution in [0.5, 0.6) is 0 Å². The molecular formula is C13H16ClF10NO. The lowest BCUT2D eigenvalue weighted by Gasteiger charge is -2.37. The Labute approximate surface area is 147 Å². The van der Waals surface area contributed by atoms with Gasteiger partial charge in [-0.2, -0.15) is 43.9 Å². The molecule has 0 saturated carbocycles. The lowest BCUT2D eigenvalue weighted by molar-refractivity contribution is -0.382. The molecule has 1 N–H and O–H groups in total. The zero-order chi connectivity index (χ0) is 21.2. The normalized spacial score (nSPS) is 15.7. The molecule has 0 radical (unpaired) electrons. The number of hydrogen-bond acceptors (Lipinski definition) is 1. The van der Waals surface area contributed by atoms with Crippen molar-refractivity contribution in [2.24, 2.45) is 0 Å². The largest absolute Gasteiger partial charge is 0.393 e. The molecule has 0 saturated heterocycles. The Balaban J connectivity index is 5.56.